The molecular weight excluding hydrogens is 404 g/mol. The third-order valence-corrected chi connectivity index (χ3v) is 5.88. The van der Waals surface area contributed by atoms with E-state index in [1.165, 1.54) is 6.92 Å². The second-order valence-electron chi connectivity index (χ2n) is 8.02. The van der Waals surface area contributed by atoms with Gasteiger partial charge in [0, 0.05) is 39.0 Å². The van der Waals surface area contributed by atoms with Gasteiger partial charge in [-0.3, -0.25) is 19.4 Å². The van der Waals surface area contributed by atoms with Crippen LogP contribution in [0.4, 0.5) is 5.69 Å². The average molecular weight is 431 g/mol. The fourth-order valence-electron chi connectivity index (χ4n) is 4.08. The summed E-state index contributed by atoms with van der Waals surface area (Å²) >= 11 is 0. The van der Waals surface area contributed by atoms with E-state index in [1.807, 2.05) is 36.5 Å². The Bertz CT molecular complexity index is 1220. The quantitative estimate of drug-likeness (QED) is 0.675. The van der Waals surface area contributed by atoms with Crippen LogP contribution in [0.1, 0.15) is 39.7 Å². The number of nitrogens with zero attached hydrogens (tertiary/aromatic N) is 3. The number of pyridine rings is 2. The lowest BCUT2D eigenvalue weighted by Crippen LogP contribution is -2.39. The van der Waals surface area contributed by atoms with Crippen LogP contribution in [0.15, 0.2) is 59.7 Å². The Kier molecular flexibility index (Phi) is 6.16. The molecule has 0 saturated carbocycles. The number of aryl methyl sites for hydroxylation is 3. The summed E-state index contributed by atoms with van der Waals surface area (Å²) in [6.45, 7) is 4.67. The number of fused-ring (bicyclic) bond motifs is 1. The fraction of sp³-hybridized carbons (Fsp3) is 0.280. The maximum absolute atomic E-state index is 13.4. The summed E-state index contributed by atoms with van der Waals surface area (Å²) in [6, 6.07) is 13.4. The van der Waals surface area contributed by atoms with Gasteiger partial charge >= 0.3 is 0 Å². The van der Waals surface area contributed by atoms with E-state index < -0.39 is 5.91 Å². The van der Waals surface area contributed by atoms with Crippen LogP contribution in [0, 0.1) is 6.92 Å². The lowest BCUT2D eigenvalue weighted by molar-refractivity contribution is -0.129. The second-order valence-corrected chi connectivity index (χ2v) is 8.02. The molecule has 4 rings (SSSR count). The zero-order chi connectivity index (χ0) is 22.7. The van der Waals surface area contributed by atoms with Crippen molar-refractivity contribution in [2.75, 3.05) is 11.9 Å². The molecule has 3 aromatic rings. The van der Waals surface area contributed by atoms with Crippen molar-refractivity contribution in [3.05, 3.63) is 93.2 Å². The largest absolute Gasteiger partial charge is 0.338 e. The first-order chi connectivity index (χ1) is 15.4. The number of benzene rings is 1. The number of carbonyl (C=O) groups excluding carboxylic acids is 2. The van der Waals surface area contributed by atoms with Crippen molar-refractivity contribution >= 4 is 17.5 Å². The molecule has 0 unspecified atom stereocenters. The standard InChI is InChI=1S/C25H26N4O3/c1-17-22(9-6-12-26-17)27-24(31)23-21-11-14-28(18(2)30)15-20(21)16-29(25(23)32)13-10-19-7-4-3-5-8-19/h3-9,12,16H,10-11,13-15H2,1-2H3,(H,27,31). The van der Waals surface area contributed by atoms with Crippen molar-refractivity contribution in [1.29, 1.82) is 0 Å². The van der Waals surface area contributed by atoms with Gasteiger partial charge in [-0.25, -0.2) is 0 Å². The van der Waals surface area contributed by atoms with Crippen molar-refractivity contribution in [3.8, 4) is 0 Å². The van der Waals surface area contributed by atoms with Crippen LogP contribution in [0.2, 0.25) is 0 Å². The summed E-state index contributed by atoms with van der Waals surface area (Å²) in [6.07, 6.45) is 4.60. The first-order valence-electron chi connectivity index (χ1n) is 10.7. The summed E-state index contributed by atoms with van der Waals surface area (Å²) in [7, 11) is 0. The van der Waals surface area contributed by atoms with Crippen molar-refractivity contribution in [3.63, 3.8) is 0 Å². The monoisotopic (exact) mass is 430 g/mol. The number of hydrogen-bond donors (Lipinski definition) is 1. The summed E-state index contributed by atoms with van der Waals surface area (Å²) in [5.74, 6) is -0.456. The molecule has 0 saturated heterocycles. The predicted octanol–water partition coefficient (Wildman–Crippen LogP) is 2.95. The van der Waals surface area contributed by atoms with Crippen molar-refractivity contribution < 1.29 is 9.59 Å². The Morgan fingerprint density at radius 2 is 1.91 bits per heavy atom. The molecule has 0 spiro atoms. The normalized spacial score (nSPS) is 12.9. The smallest absolute Gasteiger partial charge is 0.263 e. The van der Waals surface area contributed by atoms with Gasteiger partial charge in [-0.1, -0.05) is 30.3 Å². The van der Waals surface area contributed by atoms with E-state index in [9.17, 15) is 14.4 Å². The number of rotatable bonds is 5. The van der Waals surface area contributed by atoms with Gasteiger partial charge < -0.3 is 14.8 Å². The lowest BCUT2D eigenvalue weighted by Gasteiger charge is -2.29. The van der Waals surface area contributed by atoms with Crippen LogP contribution in [0.3, 0.4) is 0 Å². The fourth-order valence-corrected chi connectivity index (χ4v) is 4.08. The van der Waals surface area contributed by atoms with Crippen molar-refractivity contribution in [1.82, 2.24) is 14.5 Å². The second kappa shape index (κ2) is 9.18. The molecule has 2 amide bonds. The van der Waals surface area contributed by atoms with Gasteiger partial charge in [0.25, 0.3) is 11.5 Å². The number of aromatic nitrogens is 2. The minimum Gasteiger partial charge on any atom is -0.338 e. The SMILES string of the molecule is CC(=O)N1CCc2c(cn(CCc3ccccc3)c(=O)c2C(=O)Nc2cccnc2C)C1. The first-order valence-corrected chi connectivity index (χ1v) is 10.7. The predicted molar refractivity (Wildman–Crippen MR) is 123 cm³/mol. The van der Waals surface area contributed by atoms with Crippen LogP contribution >= 0.6 is 0 Å². The molecule has 7 heteroatoms. The molecule has 3 heterocycles. The van der Waals surface area contributed by atoms with Crippen molar-refractivity contribution in [2.45, 2.75) is 39.8 Å². The van der Waals surface area contributed by atoms with Crippen molar-refractivity contribution in [2.24, 2.45) is 0 Å². The van der Waals surface area contributed by atoms with Gasteiger partial charge in [0.2, 0.25) is 5.91 Å². The van der Waals surface area contributed by atoms with Gasteiger partial charge in [-0.15, -0.1) is 0 Å². The Labute approximate surface area is 186 Å². The zero-order valence-corrected chi connectivity index (χ0v) is 18.3. The Hall–Kier alpha value is -3.74. The molecule has 0 fully saturated rings. The Morgan fingerprint density at radius 3 is 2.62 bits per heavy atom. The molecule has 0 aliphatic carbocycles. The number of anilines is 1. The van der Waals surface area contributed by atoms with Gasteiger partial charge in [-0.05, 0) is 48.6 Å². The van der Waals surface area contributed by atoms with Crippen LogP contribution in [-0.2, 0) is 30.7 Å². The van der Waals surface area contributed by atoms with Gasteiger partial charge in [0.15, 0.2) is 0 Å². The molecule has 0 radical (unpaired) electrons. The number of nitrogens with one attached hydrogen (secondary N) is 1. The highest BCUT2D eigenvalue weighted by atomic mass is 16.2. The highest BCUT2D eigenvalue weighted by Crippen LogP contribution is 2.22. The number of hydrogen-bond acceptors (Lipinski definition) is 4. The first kappa shape index (κ1) is 21.5. The molecule has 7 nitrogen and oxygen atoms in total. The van der Waals surface area contributed by atoms with E-state index in [0.717, 1.165) is 16.7 Å². The highest BCUT2D eigenvalue weighted by molar-refractivity contribution is 6.05. The molecule has 1 aromatic carbocycles. The lowest BCUT2D eigenvalue weighted by atomic mass is 9.95. The maximum atomic E-state index is 13.4. The maximum Gasteiger partial charge on any atom is 0.263 e. The van der Waals surface area contributed by atoms with E-state index >= 15 is 0 Å². The van der Waals surface area contributed by atoms with E-state index in [2.05, 4.69) is 10.3 Å². The van der Waals surface area contributed by atoms with Crippen LogP contribution in [0.25, 0.3) is 0 Å². The molecule has 0 bridgehead atoms. The third kappa shape index (κ3) is 4.46. The van der Waals surface area contributed by atoms with E-state index in [-0.39, 0.29) is 17.0 Å². The molecule has 1 aliphatic heterocycles. The highest BCUT2D eigenvalue weighted by Gasteiger charge is 2.27. The average Bonchev–Trinajstić information content (AvgIpc) is 2.79. The zero-order valence-electron chi connectivity index (χ0n) is 18.3. The molecule has 32 heavy (non-hydrogen) atoms. The van der Waals surface area contributed by atoms with E-state index in [1.54, 1.807) is 34.7 Å². The number of carbonyl (C=O) groups is 2. The van der Waals surface area contributed by atoms with E-state index in [0.29, 0.717) is 43.9 Å². The summed E-state index contributed by atoms with van der Waals surface area (Å²) in [5, 5.41) is 2.86. The Balaban J connectivity index is 1.72. The topological polar surface area (TPSA) is 84.3 Å². The summed E-state index contributed by atoms with van der Waals surface area (Å²) in [5.41, 5.74) is 3.77. The molecule has 1 N–H and O–H groups in total. The van der Waals surface area contributed by atoms with Gasteiger partial charge in [-0.2, -0.15) is 0 Å². The molecule has 2 aromatic heterocycles. The third-order valence-electron chi connectivity index (χ3n) is 5.88. The molecular formula is C25H26N4O3. The Morgan fingerprint density at radius 1 is 1.12 bits per heavy atom. The minimum absolute atomic E-state index is 0.0188. The van der Waals surface area contributed by atoms with E-state index in [4.69, 9.17) is 0 Å². The van der Waals surface area contributed by atoms with Gasteiger partial charge in [0.1, 0.15) is 5.56 Å². The molecule has 164 valence electrons. The minimum atomic E-state index is -0.437. The summed E-state index contributed by atoms with van der Waals surface area (Å²) < 4.78 is 1.60. The van der Waals surface area contributed by atoms with Crippen LogP contribution < -0.4 is 10.9 Å². The number of amides is 2. The molecule has 1 aliphatic rings. The van der Waals surface area contributed by atoms with Crippen LogP contribution in [0.5, 0.6) is 0 Å². The summed E-state index contributed by atoms with van der Waals surface area (Å²) in [4.78, 5) is 44.5. The molecule has 0 atom stereocenters. The van der Waals surface area contributed by atoms with Gasteiger partial charge in [0.05, 0.1) is 11.4 Å². The van der Waals surface area contributed by atoms with Crippen LogP contribution in [-0.4, -0.2) is 32.8 Å².